The Morgan fingerprint density at radius 2 is 1.94 bits per heavy atom. The molecular weight excluding hydrogens is 427 g/mol. The van der Waals surface area contributed by atoms with Crippen molar-refractivity contribution >= 4 is 17.5 Å². The second-order valence-corrected chi connectivity index (χ2v) is 7.38. The van der Waals surface area contributed by atoms with Crippen LogP contribution in [-0.2, 0) is 9.59 Å². The monoisotopic (exact) mass is 447 g/mol. The number of hydrazine groups is 1. The van der Waals surface area contributed by atoms with E-state index in [4.69, 9.17) is 4.74 Å². The molecule has 2 aromatic rings. The van der Waals surface area contributed by atoms with Gasteiger partial charge < -0.3 is 15.4 Å². The van der Waals surface area contributed by atoms with Crippen LogP contribution in [0.2, 0.25) is 0 Å². The van der Waals surface area contributed by atoms with E-state index in [0.29, 0.717) is 5.56 Å². The molecule has 2 amide bonds. The normalized spacial score (nSPS) is 23.0. The van der Waals surface area contributed by atoms with E-state index in [0.717, 1.165) is 5.01 Å². The molecule has 4 rings (SSSR count). The van der Waals surface area contributed by atoms with Crippen molar-refractivity contribution < 1.29 is 27.5 Å². The highest BCUT2D eigenvalue weighted by atomic mass is 19.4. The standard InChI is InChI=1S/C21H20F3N5O3/c1-11-15(19(30)27-13-8-9-25-10-14(13)32-2)20(31)29-18(26-11)16(12-6-4-3-5-7-12)17(28-29)21(22,23)24/h3-10,16-18,26,28H,1-2H3,(H,25,27,30). The van der Waals surface area contributed by atoms with Crippen molar-refractivity contribution in [1.82, 2.24) is 20.7 Å². The number of carbonyl (C=O) groups is 2. The first-order valence-electron chi connectivity index (χ1n) is 9.70. The predicted octanol–water partition coefficient (Wildman–Crippen LogP) is 2.29. The number of aromatic nitrogens is 1. The highest BCUT2D eigenvalue weighted by molar-refractivity contribution is 6.23. The van der Waals surface area contributed by atoms with E-state index in [1.807, 2.05) is 0 Å². The summed E-state index contributed by atoms with van der Waals surface area (Å²) < 4.78 is 46.7. The third kappa shape index (κ3) is 3.75. The van der Waals surface area contributed by atoms with Crippen molar-refractivity contribution in [2.45, 2.75) is 31.2 Å². The van der Waals surface area contributed by atoms with E-state index in [-0.39, 0.29) is 22.7 Å². The molecule has 8 nitrogen and oxygen atoms in total. The molecule has 3 unspecified atom stereocenters. The van der Waals surface area contributed by atoms with Crippen molar-refractivity contribution in [1.29, 1.82) is 0 Å². The zero-order valence-corrected chi connectivity index (χ0v) is 17.1. The minimum atomic E-state index is -4.62. The fourth-order valence-electron chi connectivity index (χ4n) is 3.99. The summed E-state index contributed by atoms with van der Waals surface area (Å²) >= 11 is 0. The summed E-state index contributed by atoms with van der Waals surface area (Å²) in [6.45, 7) is 1.48. The molecule has 168 valence electrons. The molecule has 0 bridgehead atoms. The number of rotatable bonds is 4. The summed E-state index contributed by atoms with van der Waals surface area (Å²) in [5.41, 5.74) is 2.83. The Kier molecular flexibility index (Phi) is 5.51. The van der Waals surface area contributed by atoms with Gasteiger partial charge in [0, 0.05) is 11.9 Å². The molecule has 1 fully saturated rings. The number of allylic oxidation sites excluding steroid dienone is 1. The number of benzene rings is 1. The van der Waals surface area contributed by atoms with Crippen LogP contribution in [-0.4, -0.2) is 47.3 Å². The second kappa shape index (κ2) is 8.15. The van der Waals surface area contributed by atoms with Crippen molar-refractivity contribution in [3.05, 3.63) is 65.6 Å². The smallest absolute Gasteiger partial charge is 0.406 e. The Morgan fingerprint density at radius 1 is 1.22 bits per heavy atom. The molecule has 3 heterocycles. The lowest BCUT2D eigenvalue weighted by molar-refractivity contribution is -0.161. The molecule has 2 aliphatic heterocycles. The zero-order valence-electron chi connectivity index (χ0n) is 17.1. The fraction of sp³-hybridized carbons (Fsp3) is 0.286. The van der Waals surface area contributed by atoms with Crippen LogP contribution in [0.5, 0.6) is 5.75 Å². The summed E-state index contributed by atoms with van der Waals surface area (Å²) in [4.78, 5) is 29.9. The summed E-state index contributed by atoms with van der Waals surface area (Å²) in [7, 11) is 1.39. The number of nitrogens with zero attached hydrogens (tertiary/aromatic N) is 2. The van der Waals surface area contributed by atoms with Crippen LogP contribution in [0, 0.1) is 0 Å². The minimum Gasteiger partial charge on any atom is -0.493 e. The van der Waals surface area contributed by atoms with Gasteiger partial charge in [-0.1, -0.05) is 30.3 Å². The van der Waals surface area contributed by atoms with Crippen molar-refractivity contribution in [2.24, 2.45) is 0 Å². The number of ether oxygens (including phenoxy) is 1. The van der Waals surface area contributed by atoms with E-state index in [2.05, 4.69) is 21.0 Å². The Balaban J connectivity index is 1.67. The molecule has 32 heavy (non-hydrogen) atoms. The maximum atomic E-state index is 13.8. The van der Waals surface area contributed by atoms with Gasteiger partial charge in [-0.15, -0.1) is 0 Å². The molecule has 0 saturated carbocycles. The molecule has 1 saturated heterocycles. The van der Waals surface area contributed by atoms with Gasteiger partial charge in [0.1, 0.15) is 17.8 Å². The van der Waals surface area contributed by atoms with Crippen molar-refractivity contribution in [3.63, 3.8) is 0 Å². The number of nitrogens with one attached hydrogen (secondary N) is 3. The summed E-state index contributed by atoms with van der Waals surface area (Å²) in [6, 6.07) is 7.61. The first-order valence-corrected chi connectivity index (χ1v) is 9.70. The number of hydrogen-bond donors (Lipinski definition) is 3. The molecule has 2 aliphatic rings. The number of hydrogen-bond acceptors (Lipinski definition) is 6. The molecule has 0 spiro atoms. The summed E-state index contributed by atoms with van der Waals surface area (Å²) in [5, 5.41) is 6.33. The minimum absolute atomic E-state index is 0.173. The summed E-state index contributed by atoms with van der Waals surface area (Å²) in [5.74, 6) is -2.48. The van der Waals surface area contributed by atoms with E-state index in [9.17, 15) is 22.8 Å². The van der Waals surface area contributed by atoms with E-state index >= 15 is 0 Å². The van der Waals surface area contributed by atoms with Crippen LogP contribution >= 0.6 is 0 Å². The predicted molar refractivity (Wildman–Crippen MR) is 108 cm³/mol. The Morgan fingerprint density at radius 3 is 2.59 bits per heavy atom. The Bertz CT molecular complexity index is 1070. The molecule has 0 radical (unpaired) electrons. The molecule has 3 atom stereocenters. The topological polar surface area (TPSA) is 95.6 Å². The maximum absolute atomic E-state index is 13.8. The van der Waals surface area contributed by atoms with Crippen molar-refractivity contribution in [2.75, 3.05) is 12.4 Å². The number of amides is 2. The number of carbonyl (C=O) groups excluding carboxylic acids is 2. The molecule has 3 N–H and O–H groups in total. The van der Waals surface area contributed by atoms with Crippen LogP contribution < -0.4 is 20.8 Å². The van der Waals surface area contributed by atoms with Crippen LogP contribution in [0.15, 0.2) is 60.1 Å². The quantitative estimate of drug-likeness (QED) is 0.623. The molecule has 11 heteroatoms. The lowest BCUT2D eigenvalue weighted by atomic mass is 9.89. The fourth-order valence-corrected chi connectivity index (χ4v) is 3.99. The lowest BCUT2D eigenvalue weighted by Crippen LogP contribution is -2.56. The number of anilines is 1. The van der Waals surface area contributed by atoms with Crippen LogP contribution in [0.1, 0.15) is 18.4 Å². The second-order valence-electron chi connectivity index (χ2n) is 7.38. The maximum Gasteiger partial charge on any atom is 0.406 e. The molecule has 1 aromatic heterocycles. The average molecular weight is 447 g/mol. The van der Waals surface area contributed by atoms with Gasteiger partial charge in [0.2, 0.25) is 0 Å². The first kappa shape index (κ1) is 21.6. The third-order valence-corrected chi connectivity index (χ3v) is 5.44. The third-order valence-electron chi connectivity index (χ3n) is 5.44. The van der Waals surface area contributed by atoms with Gasteiger partial charge in [-0.25, -0.2) is 10.4 Å². The number of fused-ring (bicyclic) bond motifs is 1. The van der Waals surface area contributed by atoms with Gasteiger partial charge in [-0.2, -0.15) is 13.2 Å². The Labute approximate surface area is 181 Å². The molecular formula is C21H20F3N5O3. The number of methoxy groups -OCH3 is 1. The largest absolute Gasteiger partial charge is 0.493 e. The summed E-state index contributed by atoms with van der Waals surface area (Å²) in [6.07, 6.45) is -2.84. The van der Waals surface area contributed by atoms with Crippen LogP contribution in [0.4, 0.5) is 18.9 Å². The first-order chi connectivity index (χ1) is 15.2. The number of pyridine rings is 1. The van der Waals surface area contributed by atoms with Gasteiger partial charge in [0.15, 0.2) is 5.75 Å². The van der Waals surface area contributed by atoms with Crippen molar-refractivity contribution in [3.8, 4) is 5.75 Å². The van der Waals surface area contributed by atoms with Gasteiger partial charge >= 0.3 is 6.18 Å². The van der Waals surface area contributed by atoms with E-state index in [1.54, 1.807) is 30.3 Å². The van der Waals surface area contributed by atoms with Crippen LogP contribution in [0.3, 0.4) is 0 Å². The molecule has 1 aromatic carbocycles. The number of alkyl halides is 3. The van der Waals surface area contributed by atoms with Gasteiger partial charge in [0.05, 0.1) is 24.9 Å². The lowest BCUT2D eigenvalue weighted by Gasteiger charge is -2.34. The van der Waals surface area contributed by atoms with E-state index < -0.39 is 36.1 Å². The van der Waals surface area contributed by atoms with E-state index in [1.165, 1.54) is 32.5 Å². The molecule has 0 aliphatic carbocycles. The SMILES string of the molecule is COc1cnccc1NC(=O)C1=C(C)NC2C(c3ccccc3)C(C(F)(F)F)NN2C1=O. The highest BCUT2D eigenvalue weighted by Gasteiger charge is 2.58. The number of halogens is 3. The Hall–Kier alpha value is -3.60. The van der Waals surface area contributed by atoms with Crippen LogP contribution in [0.25, 0.3) is 0 Å². The van der Waals surface area contributed by atoms with Gasteiger partial charge in [-0.3, -0.25) is 14.6 Å². The van der Waals surface area contributed by atoms with Gasteiger partial charge in [0.25, 0.3) is 11.8 Å². The average Bonchev–Trinajstić information content (AvgIpc) is 3.15. The highest BCUT2D eigenvalue weighted by Crippen LogP contribution is 2.41. The zero-order chi connectivity index (χ0) is 23.0. The van der Waals surface area contributed by atoms with Gasteiger partial charge in [-0.05, 0) is 18.6 Å².